The van der Waals surface area contributed by atoms with E-state index in [4.69, 9.17) is 8.83 Å². The third kappa shape index (κ3) is 3.06. The molecular weight excluding hydrogens is 306 g/mol. The fourth-order valence-corrected chi connectivity index (χ4v) is 3.38. The normalized spacial score (nSPS) is 15.7. The topological polar surface area (TPSA) is 81.9 Å². The molecule has 1 saturated carbocycles. The van der Waals surface area contributed by atoms with E-state index < -0.39 is 0 Å². The van der Waals surface area contributed by atoms with E-state index in [0.29, 0.717) is 30.1 Å². The Morgan fingerprint density at radius 2 is 2.12 bits per heavy atom. The number of nitrogens with zero attached hydrogens (tertiary/aromatic N) is 4. The highest BCUT2D eigenvalue weighted by molar-refractivity contribution is 5.44. The molecule has 7 nitrogen and oxygen atoms in total. The van der Waals surface area contributed by atoms with Crippen molar-refractivity contribution in [2.75, 3.05) is 5.32 Å². The van der Waals surface area contributed by atoms with Gasteiger partial charge in [-0.3, -0.25) is 4.68 Å². The summed E-state index contributed by atoms with van der Waals surface area (Å²) in [5.74, 6) is 1.51. The van der Waals surface area contributed by atoms with E-state index in [1.54, 1.807) is 18.4 Å². The highest BCUT2D eigenvalue weighted by Crippen LogP contribution is 2.33. The van der Waals surface area contributed by atoms with Gasteiger partial charge >= 0.3 is 6.01 Å². The Bertz CT molecular complexity index is 784. The van der Waals surface area contributed by atoms with Crippen LogP contribution >= 0.6 is 0 Å². The van der Waals surface area contributed by atoms with Crippen molar-refractivity contribution in [1.29, 1.82) is 0 Å². The van der Waals surface area contributed by atoms with Gasteiger partial charge in [0.15, 0.2) is 5.76 Å². The van der Waals surface area contributed by atoms with E-state index in [9.17, 15) is 0 Å². The average Bonchev–Trinajstić information content (AvgIpc) is 3.34. The number of furan rings is 1. The van der Waals surface area contributed by atoms with E-state index in [-0.39, 0.29) is 0 Å². The van der Waals surface area contributed by atoms with Crippen molar-refractivity contribution < 1.29 is 8.83 Å². The van der Waals surface area contributed by atoms with Crippen LogP contribution in [0.5, 0.6) is 0 Å². The van der Waals surface area contributed by atoms with Crippen molar-refractivity contribution in [3.05, 3.63) is 35.9 Å². The molecule has 0 bridgehead atoms. The average molecular weight is 327 g/mol. The van der Waals surface area contributed by atoms with Gasteiger partial charge in [0.25, 0.3) is 5.89 Å². The second-order valence-electron chi connectivity index (χ2n) is 6.29. The largest absolute Gasteiger partial charge is 0.459 e. The molecule has 0 aliphatic heterocycles. The highest BCUT2D eigenvalue weighted by atomic mass is 16.4. The van der Waals surface area contributed by atoms with Crippen molar-refractivity contribution in [1.82, 2.24) is 20.0 Å². The van der Waals surface area contributed by atoms with Gasteiger partial charge in [0.2, 0.25) is 0 Å². The molecule has 3 heterocycles. The first kappa shape index (κ1) is 15.0. The molecule has 3 aromatic rings. The van der Waals surface area contributed by atoms with Gasteiger partial charge in [-0.05, 0) is 25.0 Å². The summed E-state index contributed by atoms with van der Waals surface area (Å²) < 4.78 is 12.7. The molecule has 0 saturated heterocycles. The molecule has 1 aliphatic carbocycles. The molecule has 1 aliphatic rings. The molecule has 126 valence electrons. The Morgan fingerprint density at radius 3 is 2.92 bits per heavy atom. The monoisotopic (exact) mass is 327 g/mol. The van der Waals surface area contributed by atoms with Crippen LogP contribution in [0.3, 0.4) is 0 Å². The fraction of sp³-hybridized carbons (Fsp3) is 0.471. The van der Waals surface area contributed by atoms with Crippen molar-refractivity contribution >= 4 is 6.01 Å². The first-order valence-electron chi connectivity index (χ1n) is 8.43. The van der Waals surface area contributed by atoms with Crippen LogP contribution in [0.15, 0.2) is 33.4 Å². The van der Waals surface area contributed by atoms with E-state index in [0.717, 1.165) is 0 Å². The van der Waals surface area contributed by atoms with Crippen molar-refractivity contribution in [2.45, 2.75) is 44.6 Å². The number of nitrogens with one attached hydrogen (secondary N) is 1. The summed E-state index contributed by atoms with van der Waals surface area (Å²) in [5.41, 5.74) is 2.40. The number of hydrogen-bond donors (Lipinski definition) is 1. The Hall–Kier alpha value is -2.57. The smallest absolute Gasteiger partial charge is 0.316 e. The summed E-state index contributed by atoms with van der Waals surface area (Å²) in [7, 11) is 1.97. The van der Waals surface area contributed by atoms with Gasteiger partial charge in [-0.25, -0.2) is 0 Å². The van der Waals surface area contributed by atoms with Crippen molar-refractivity contribution in [3.8, 4) is 11.7 Å². The van der Waals surface area contributed by atoms with Gasteiger partial charge in [0.1, 0.15) is 0 Å². The minimum atomic E-state index is 0.376. The highest BCUT2D eigenvalue weighted by Gasteiger charge is 2.21. The van der Waals surface area contributed by atoms with E-state index in [1.807, 2.05) is 11.7 Å². The van der Waals surface area contributed by atoms with Crippen LogP contribution in [-0.2, 0) is 13.6 Å². The van der Waals surface area contributed by atoms with Gasteiger partial charge in [-0.2, -0.15) is 5.10 Å². The molecule has 0 aromatic carbocycles. The van der Waals surface area contributed by atoms with Crippen LogP contribution in [0, 0.1) is 0 Å². The van der Waals surface area contributed by atoms with E-state index in [2.05, 4.69) is 26.8 Å². The number of aromatic nitrogens is 4. The third-order valence-corrected chi connectivity index (χ3v) is 4.52. The molecule has 24 heavy (non-hydrogen) atoms. The maximum absolute atomic E-state index is 5.59. The molecule has 1 fully saturated rings. The molecule has 7 heteroatoms. The summed E-state index contributed by atoms with van der Waals surface area (Å²) in [5, 5.41) is 15.9. The summed E-state index contributed by atoms with van der Waals surface area (Å²) in [6.07, 6.45) is 10.0. The number of anilines is 1. The van der Waals surface area contributed by atoms with Gasteiger partial charge in [-0.15, -0.1) is 5.10 Å². The Labute approximate surface area is 140 Å². The molecule has 0 radical (unpaired) electrons. The van der Waals surface area contributed by atoms with Crippen LogP contribution in [0.4, 0.5) is 6.01 Å². The Morgan fingerprint density at radius 1 is 1.25 bits per heavy atom. The lowest BCUT2D eigenvalue weighted by atomic mass is 9.85. The summed E-state index contributed by atoms with van der Waals surface area (Å²) >= 11 is 0. The predicted molar refractivity (Wildman–Crippen MR) is 88.4 cm³/mol. The van der Waals surface area contributed by atoms with Gasteiger partial charge in [0, 0.05) is 31.3 Å². The predicted octanol–water partition coefficient (Wildman–Crippen LogP) is 3.72. The standard InChI is InChI=1S/C17H21N5O2/c1-22-11-13(15(21-22)12-6-3-2-4-7-12)10-18-17-20-19-16(24-17)14-8-5-9-23-14/h5,8-9,11-12H,2-4,6-7,10H2,1H3,(H,18,20). The molecule has 0 unspecified atom stereocenters. The third-order valence-electron chi connectivity index (χ3n) is 4.52. The van der Waals surface area contributed by atoms with Gasteiger partial charge in [-0.1, -0.05) is 24.4 Å². The summed E-state index contributed by atoms with van der Waals surface area (Å²) in [6.45, 7) is 0.624. The quantitative estimate of drug-likeness (QED) is 0.769. The lowest BCUT2D eigenvalue weighted by molar-refractivity contribution is 0.432. The molecular formula is C17H21N5O2. The first-order chi connectivity index (χ1) is 11.8. The van der Waals surface area contributed by atoms with Crippen LogP contribution in [0.1, 0.15) is 49.3 Å². The zero-order valence-electron chi connectivity index (χ0n) is 13.7. The number of hydrogen-bond acceptors (Lipinski definition) is 6. The maximum Gasteiger partial charge on any atom is 0.316 e. The first-order valence-corrected chi connectivity index (χ1v) is 8.43. The molecule has 4 rings (SSSR count). The fourth-order valence-electron chi connectivity index (χ4n) is 3.38. The van der Waals surface area contributed by atoms with E-state index in [1.165, 1.54) is 43.4 Å². The van der Waals surface area contributed by atoms with Crippen molar-refractivity contribution in [3.63, 3.8) is 0 Å². The summed E-state index contributed by atoms with van der Waals surface area (Å²) in [6, 6.07) is 3.97. The molecule has 3 aromatic heterocycles. The second-order valence-corrected chi connectivity index (χ2v) is 6.29. The van der Waals surface area contributed by atoms with Gasteiger partial charge < -0.3 is 14.2 Å². The maximum atomic E-state index is 5.59. The van der Waals surface area contributed by atoms with Crippen LogP contribution in [-0.4, -0.2) is 20.0 Å². The van der Waals surface area contributed by atoms with Crippen molar-refractivity contribution in [2.24, 2.45) is 7.05 Å². The van der Waals surface area contributed by atoms with Crippen LogP contribution in [0.25, 0.3) is 11.7 Å². The minimum Gasteiger partial charge on any atom is -0.459 e. The molecule has 0 amide bonds. The number of rotatable bonds is 5. The Balaban J connectivity index is 1.46. The van der Waals surface area contributed by atoms with Crippen LogP contribution in [0.2, 0.25) is 0 Å². The zero-order valence-corrected chi connectivity index (χ0v) is 13.7. The second kappa shape index (κ2) is 6.51. The zero-order chi connectivity index (χ0) is 16.4. The lowest BCUT2D eigenvalue weighted by Crippen LogP contribution is -2.09. The SMILES string of the molecule is Cn1cc(CNc2nnc(-c3ccco3)o2)c(C2CCCCC2)n1. The molecule has 0 spiro atoms. The minimum absolute atomic E-state index is 0.376. The van der Waals surface area contributed by atoms with Gasteiger partial charge in [0.05, 0.1) is 12.0 Å². The van der Waals surface area contributed by atoms with E-state index >= 15 is 0 Å². The molecule has 0 atom stereocenters. The Kier molecular flexibility index (Phi) is 4.06. The molecule has 1 N–H and O–H groups in total. The van der Waals surface area contributed by atoms with Crippen LogP contribution < -0.4 is 5.32 Å². The summed E-state index contributed by atoms with van der Waals surface area (Å²) in [4.78, 5) is 0. The number of aryl methyl sites for hydroxylation is 1. The lowest BCUT2D eigenvalue weighted by Gasteiger charge is -2.20.